The van der Waals surface area contributed by atoms with E-state index in [1.165, 1.54) is 18.2 Å². The molecule has 0 bridgehead atoms. The SMILES string of the molecule is CS(=O)(=O)Nc1cccc(-c2cccc3c2S(=O)(=O)N=C3c2nc(Cc3ccc(F)cc3)c3ccccc3c2O)c1. The molecule has 41 heavy (non-hydrogen) atoms. The highest BCUT2D eigenvalue weighted by Crippen LogP contribution is 2.40. The first kappa shape index (κ1) is 26.6. The van der Waals surface area contributed by atoms with Crippen molar-refractivity contribution < 1.29 is 26.3 Å². The summed E-state index contributed by atoms with van der Waals surface area (Å²) >= 11 is 0. The van der Waals surface area contributed by atoms with Crippen LogP contribution in [0.5, 0.6) is 5.75 Å². The molecule has 0 amide bonds. The first-order valence-electron chi connectivity index (χ1n) is 12.4. The Kier molecular flexibility index (Phi) is 6.35. The van der Waals surface area contributed by atoms with Crippen molar-refractivity contribution in [3.05, 3.63) is 119 Å². The lowest BCUT2D eigenvalue weighted by atomic mass is 9.96. The van der Waals surface area contributed by atoms with Gasteiger partial charge in [0.2, 0.25) is 10.0 Å². The van der Waals surface area contributed by atoms with E-state index < -0.39 is 20.0 Å². The average Bonchev–Trinajstić information content (AvgIpc) is 3.21. The Morgan fingerprint density at radius 2 is 1.56 bits per heavy atom. The molecule has 5 aromatic rings. The summed E-state index contributed by atoms with van der Waals surface area (Å²) in [5.41, 5.74) is 2.67. The summed E-state index contributed by atoms with van der Waals surface area (Å²) in [5, 5.41) is 12.5. The van der Waals surface area contributed by atoms with Crippen molar-refractivity contribution in [2.75, 3.05) is 11.0 Å². The van der Waals surface area contributed by atoms with E-state index in [-0.39, 0.29) is 39.1 Å². The lowest BCUT2D eigenvalue weighted by Gasteiger charge is -2.13. The minimum absolute atomic E-state index is 0.00382. The molecule has 0 saturated heterocycles. The molecule has 0 spiro atoms. The van der Waals surface area contributed by atoms with E-state index in [9.17, 15) is 26.3 Å². The molecule has 206 valence electrons. The van der Waals surface area contributed by atoms with Crippen LogP contribution in [0.1, 0.15) is 22.5 Å². The van der Waals surface area contributed by atoms with Crippen molar-refractivity contribution in [1.29, 1.82) is 0 Å². The zero-order valence-corrected chi connectivity index (χ0v) is 23.2. The highest BCUT2D eigenvalue weighted by atomic mass is 32.2. The number of hydrogen-bond acceptors (Lipinski definition) is 6. The van der Waals surface area contributed by atoms with Crippen LogP contribution in [-0.4, -0.2) is 38.9 Å². The molecule has 11 heteroatoms. The van der Waals surface area contributed by atoms with E-state index in [1.807, 2.05) is 12.1 Å². The zero-order valence-electron chi connectivity index (χ0n) is 21.5. The van der Waals surface area contributed by atoms with Crippen LogP contribution >= 0.6 is 0 Å². The van der Waals surface area contributed by atoms with E-state index in [2.05, 4.69) is 9.12 Å². The maximum Gasteiger partial charge on any atom is 0.284 e. The molecule has 0 aliphatic carbocycles. The summed E-state index contributed by atoms with van der Waals surface area (Å²) < 4.78 is 70.4. The number of aromatic hydroxyl groups is 1. The molecule has 0 saturated carbocycles. The normalized spacial score (nSPS) is 14.0. The van der Waals surface area contributed by atoms with Crippen LogP contribution in [0.3, 0.4) is 0 Å². The third-order valence-electron chi connectivity index (χ3n) is 6.69. The first-order chi connectivity index (χ1) is 19.5. The number of rotatable bonds is 6. The number of benzene rings is 4. The fourth-order valence-corrected chi connectivity index (χ4v) is 6.97. The number of nitrogens with zero attached hydrogens (tertiary/aromatic N) is 2. The van der Waals surface area contributed by atoms with Gasteiger partial charge in [-0.2, -0.15) is 12.8 Å². The van der Waals surface area contributed by atoms with Gasteiger partial charge < -0.3 is 5.11 Å². The second kappa shape index (κ2) is 9.79. The van der Waals surface area contributed by atoms with Gasteiger partial charge in [-0.15, -0.1) is 0 Å². The van der Waals surface area contributed by atoms with Crippen molar-refractivity contribution in [2.24, 2.45) is 4.40 Å². The summed E-state index contributed by atoms with van der Waals surface area (Å²) in [6.45, 7) is 0. The van der Waals surface area contributed by atoms with Gasteiger partial charge in [0.1, 0.15) is 22.1 Å². The van der Waals surface area contributed by atoms with Gasteiger partial charge >= 0.3 is 0 Å². The van der Waals surface area contributed by atoms with Crippen LogP contribution in [-0.2, 0) is 26.5 Å². The fraction of sp³-hybridized carbons (Fsp3) is 0.0667. The predicted molar refractivity (Wildman–Crippen MR) is 156 cm³/mol. The largest absolute Gasteiger partial charge is 0.505 e. The molecular formula is C30H22FN3O5S2. The first-order valence-corrected chi connectivity index (χ1v) is 15.8. The number of halogens is 1. The number of sulfonamides is 2. The molecule has 8 nitrogen and oxygen atoms in total. The Bertz CT molecular complexity index is 2110. The lowest BCUT2D eigenvalue weighted by molar-refractivity contribution is 0.477. The topological polar surface area (TPSA) is 126 Å². The van der Waals surface area contributed by atoms with Gasteiger partial charge in [0.15, 0.2) is 5.75 Å². The molecule has 1 aliphatic rings. The monoisotopic (exact) mass is 587 g/mol. The zero-order chi connectivity index (χ0) is 28.9. The lowest BCUT2D eigenvalue weighted by Crippen LogP contribution is -2.09. The Hall–Kier alpha value is -4.61. The van der Waals surface area contributed by atoms with Gasteiger partial charge in [-0.05, 0) is 35.4 Å². The molecule has 6 rings (SSSR count). The van der Waals surface area contributed by atoms with E-state index >= 15 is 0 Å². The molecule has 4 aromatic carbocycles. The molecule has 1 aliphatic heterocycles. The summed E-state index contributed by atoms with van der Waals surface area (Å²) in [7, 11) is -7.77. The van der Waals surface area contributed by atoms with Crippen molar-refractivity contribution >= 4 is 42.2 Å². The molecule has 1 aromatic heterocycles. The number of pyridine rings is 1. The van der Waals surface area contributed by atoms with Gasteiger partial charge in [-0.25, -0.2) is 17.8 Å². The Balaban J connectivity index is 1.52. The van der Waals surface area contributed by atoms with Gasteiger partial charge in [-0.3, -0.25) is 4.72 Å². The molecule has 2 N–H and O–H groups in total. The third kappa shape index (κ3) is 5.05. The maximum atomic E-state index is 13.5. The maximum absolute atomic E-state index is 13.5. The molecule has 2 heterocycles. The standard InChI is InChI=1S/C30H22FN3O5S2/c1-40(36,37)33-21-7-4-6-19(17-21)22-10-5-11-25-27(34-41(38,39)30(22)25)28-29(35)24-9-3-2-8-23(24)26(32-28)16-18-12-14-20(31)15-13-18/h2-15,17,33,35H,16H2,1H3. The molecular weight excluding hydrogens is 565 g/mol. The number of fused-ring (bicyclic) bond motifs is 2. The third-order valence-corrected chi connectivity index (χ3v) is 8.67. The van der Waals surface area contributed by atoms with Crippen LogP contribution < -0.4 is 4.72 Å². The van der Waals surface area contributed by atoms with Gasteiger partial charge in [0, 0.05) is 34.0 Å². The van der Waals surface area contributed by atoms with Gasteiger partial charge in [0.05, 0.1) is 11.9 Å². The highest BCUT2D eigenvalue weighted by Gasteiger charge is 2.35. The van der Waals surface area contributed by atoms with Gasteiger partial charge in [-0.1, -0.05) is 66.7 Å². The van der Waals surface area contributed by atoms with Crippen LogP contribution in [0.4, 0.5) is 10.1 Å². The van der Waals surface area contributed by atoms with Gasteiger partial charge in [0.25, 0.3) is 10.0 Å². The Morgan fingerprint density at radius 1 is 0.878 bits per heavy atom. The summed E-state index contributed by atoms with van der Waals surface area (Å²) in [4.78, 5) is 4.64. The van der Waals surface area contributed by atoms with E-state index in [0.29, 0.717) is 34.0 Å². The summed E-state index contributed by atoms with van der Waals surface area (Å²) in [6, 6.07) is 24.3. The molecule has 0 radical (unpaired) electrons. The number of anilines is 1. The Morgan fingerprint density at radius 3 is 2.29 bits per heavy atom. The molecule has 0 fully saturated rings. The Labute approximate surface area is 236 Å². The van der Waals surface area contributed by atoms with Crippen molar-refractivity contribution in [1.82, 2.24) is 4.98 Å². The quantitative estimate of drug-likeness (QED) is 0.280. The van der Waals surface area contributed by atoms with Crippen LogP contribution in [0, 0.1) is 5.82 Å². The number of nitrogens with one attached hydrogen (secondary N) is 1. The molecule has 0 unspecified atom stereocenters. The second-order valence-corrected chi connectivity index (χ2v) is 12.9. The highest BCUT2D eigenvalue weighted by molar-refractivity contribution is 7.92. The average molecular weight is 588 g/mol. The second-order valence-electron chi connectivity index (χ2n) is 9.66. The van der Waals surface area contributed by atoms with Crippen LogP contribution in [0.25, 0.3) is 21.9 Å². The van der Waals surface area contributed by atoms with Crippen molar-refractivity contribution in [3.63, 3.8) is 0 Å². The van der Waals surface area contributed by atoms with Crippen LogP contribution in [0.15, 0.2) is 100 Å². The predicted octanol–water partition coefficient (Wildman–Crippen LogP) is 5.25. The minimum atomic E-state index is -4.22. The van der Waals surface area contributed by atoms with E-state index in [1.54, 1.807) is 60.7 Å². The van der Waals surface area contributed by atoms with Crippen molar-refractivity contribution in [3.8, 4) is 16.9 Å². The smallest absolute Gasteiger partial charge is 0.284 e. The number of hydrogen-bond donors (Lipinski definition) is 2. The van der Waals surface area contributed by atoms with E-state index in [0.717, 1.165) is 11.8 Å². The van der Waals surface area contributed by atoms with Crippen molar-refractivity contribution in [2.45, 2.75) is 11.3 Å². The minimum Gasteiger partial charge on any atom is -0.505 e. The van der Waals surface area contributed by atoms with Crippen LogP contribution in [0.2, 0.25) is 0 Å². The fourth-order valence-electron chi connectivity index (χ4n) is 4.99. The molecule has 0 atom stereocenters. The van der Waals surface area contributed by atoms with E-state index in [4.69, 9.17) is 4.98 Å². The summed E-state index contributed by atoms with van der Waals surface area (Å²) in [6.07, 6.45) is 1.33. The number of aromatic nitrogens is 1. The summed E-state index contributed by atoms with van der Waals surface area (Å²) in [5.74, 6) is -0.580.